The van der Waals surface area contributed by atoms with E-state index in [1.807, 2.05) is 29.2 Å². The third kappa shape index (κ3) is 4.77. The second-order valence-electron chi connectivity index (χ2n) is 7.42. The molecule has 2 heterocycles. The summed E-state index contributed by atoms with van der Waals surface area (Å²) in [7, 11) is 0. The number of hydrogen-bond acceptors (Lipinski definition) is 5. The smallest absolute Gasteiger partial charge is 0.414 e. The number of halogens is 2. The normalized spacial score (nSPS) is 18.8. The molecule has 0 radical (unpaired) electrons. The molecule has 7 nitrogen and oxygen atoms in total. The highest BCUT2D eigenvalue weighted by Crippen LogP contribution is 2.30. The molecule has 0 unspecified atom stereocenters. The Morgan fingerprint density at radius 3 is 2.48 bits per heavy atom. The summed E-state index contributed by atoms with van der Waals surface area (Å²) >= 11 is 11.1. The van der Waals surface area contributed by atoms with Crippen molar-refractivity contribution >= 4 is 52.1 Å². The molecule has 2 saturated heterocycles. The maximum Gasteiger partial charge on any atom is 0.414 e. The summed E-state index contributed by atoms with van der Waals surface area (Å²) < 4.78 is 20.2. The molecule has 2 aliphatic heterocycles. The van der Waals surface area contributed by atoms with Crippen molar-refractivity contribution in [1.82, 2.24) is 5.32 Å². The van der Waals surface area contributed by atoms with Gasteiger partial charge in [0.25, 0.3) is 0 Å². The van der Waals surface area contributed by atoms with Crippen LogP contribution in [0.4, 0.5) is 26.2 Å². The van der Waals surface area contributed by atoms with Gasteiger partial charge in [0.1, 0.15) is 11.9 Å². The molecule has 2 aromatic rings. The molecule has 2 aromatic carbocycles. The Kier molecular flexibility index (Phi) is 6.33. The Hall–Kier alpha value is -2.78. The van der Waals surface area contributed by atoms with E-state index in [0.29, 0.717) is 42.6 Å². The van der Waals surface area contributed by atoms with Crippen molar-refractivity contribution in [1.29, 1.82) is 0 Å². The number of nitrogens with zero attached hydrogens (tertiary/aromatic N) is 3. The van der Waals surface area contributed by atoms with Gasteiger partial charge in [0.05, 0.1) is 35.2 Å². The van der Waals surface area contributed by atoms with E-state index in [0.717, 1.165) is 18.8 Å². The number of piperazine rings is 1. The Bertz CT molecular complexity index is 986. The second kappa shape index (κ2) is 9.15. The van der Waals surface area contributed by atoms with Gasteiger partial charge in [-0.05, 0) is 42.5 Å². The van der Waals surface area contributed by atoms with Gasteiger partial charge in [-0.2, -0.15) is 0 Å². The third-order valence-corrected chi connectivity index (χ3v) is 5.90. The van der Waals surface area contributed by atoms with Crippen molar-refractivity contribution in [3.63, 3.8) is 0 Å². The van der Waals surface area contributed by atoms with Gasteiger partial charge < -0.3 is 25.6 Å². The van der Waals surface area contributed by atoms with Crippen LogP contribution in [0.3, 0.4) is 0 Å². The van der Waals surface area contributed by atoms with Gasteiger partial charge in [0.2, 0.25) is 0 Å². The van der Waals surface area contributed by atoms with Crippen LogP contribution < -0.4 is 25.8 Å². The standard InChI is InChI=1S/C21H23ClFN5O2S/c22-16-3-1-2-4-18(16)26-7-9-27(10-8-26)19-6-5-14(11-17(19)23)28-13-15(30-21(28)29)12-25-20(24)31/h1-6,11,15H,7-10,12-13H2,(H3,24,25,31)/t15-/m0/s1. The van der Waals surface area contributed by atoms with Gasteiger partial charge in [-0.25, -0.2) is 9.18 Å². The Labute approximate surface area is 190 Å². The number of thiocarbonyl (C=S) groups is 1. The number of rotatable bonds is 5. The van der Waals surface area contributed by atoms with Crippen LogP contribution in [0.25, 0.3) is 0 Å². The topological polar surface area (TPSA) is 74.1 Å². The number of ether oxygens (including phenoxy) is 1. The summed E-state index contributed by atoms with van der Waals surface area (Å²) in [5.41, 5.74) is 7.37. The molecular weight excluding hydrogens is 441 g/mol. The number of benzene rings is 2. The first-order valence-corrected chi connectivity index (χ1v) is 10.8. The third-order valence-electron chi connectivity index (χ3n) is 5.43. The largest absolute Gasteiger partial charge is 0.442 e. The Balaban J connectivity index is 1.40. The van der Waals surface area contributed by atoms with Crippen molar-refractivity contribution in [2.75, 3.05) is 54.0 Å². The zero-order valence-corrected chi connectivity index (χ0v) is 18.3. The van der Waals surface area contributed by atoms with E-state index in [1.54, 1.807) is 12.1 Å². The molecule has 2 fully saturated rings. The molecule has 10 heteroatoms. The van der Waals surface area contributed by atoms with Crippen LogP contribution in [0.2, 0.25) is 5.02 Å². The van der Waals surface area contributed by atoms with Gasteiger partial charge in [-0.15, -0.1) is 0 Å². The van der Waals surface area contributed by atoms with E-state index in [9.17, 15) is 9.18 Å². The van der Waals surface area contributed by atoms with Crippen LogP contribution in [0, 0.1) is 5.82 Å². The number of para-hydroxylation sites is 1. The quantitative estimate of drug-likeness (QED) is 0.660. The fraction of sp³-hybridized carbons (Fsp3) is 0.333. The van der Waals surface area contributed by atoms with E-state index >= 15 is 0 Å². The molecule has 0 bridgehead atoms. The molecule has 0 spiro atoms. The van der Waals surface area contributed by atoms with Crippen molar-refractivity contribution in [2.24, 2.45) is 5.73 Å². The van der Waals surface area contributed by atoms with Crippen molar-refractivity contribution < 1.29 is 13.9 Å². The maximum atomic E-state index is 14.9. The highest BCUT2D eigenvalue weighted by molar-refractivity contribution is 7.80. The minimum absolute atomic E-state index is 0.138. The molecule has 0 saturated carbocycles. The molecule has 2 aliphatic rings. The minimum Gasteiger partial charge on any atom is -0.442 e. The first-order valence-electron chi connectivity index (χ1n) is 9.98. The lowest BCUT2D eigenvalue weighted by molar-refractivity contribution is 0.143. The number of cyclic esters (lactones) is 1. The molecule has 31 heavy (non-hydrogen) atoms. The molecule has 1 atom stereocenters. The molecule has 0 aromatic heterocycles. The lowest BCUT2D eigenvalue weighted by atomic mass is 10.2. The molecule has 0 aliphatic carbocycles. The minimum atomic E-state index is -0.518. The van der Waals surface area contributed by atoms with Gasteiger partial charge >= 0.3 is 6.09 Å². The Morgan fingerprint density at radius 2 is 1.84 bits per heavy atom. The number of carbonyl (C=O) groups excluding carboxylic acids is 1. The highest BCUT2D eigenvalue weighted by atomic mass is 35.5. The van der Waals surface area contributed by atoms with E-state index in [2.05, 4.69) is 10.2 Å². The molecule has 1 amide bonds. The summed E-state index contributed by atoms with van der Waals surface area (Å²) in [5.74, 6) is -0.374. The zero-order chi connectivity index (χ0) is 22.0. The van der Waals surface area contributed by atoms with Crippen LogP contribution in [0.5, 0.6) is 0 Å². The van der Waals surface area contributed by atoms with E-state index in [1.165, 1.54) is 11.0 Å². The average Bonchev–Trinajstić information content (AvgIpc) is 3.13. The van der Waals surface area contributed by atoms with Crippen LogP contribution in [-0.4, -0.2) is 56.6 Å². The number of amides is 1. The predicted octanol–water partition coefficient (Wildman–Crippen LogP) is 2.96. The van der Waals surface area contributed by atoms with Crippen LogP contribution in [0.1, 0.15) is 0 Å². The average molecular weight is 464 g/mol. The lowest BCUT2D eigenvalue weighted by Gasteiger charge is -2.37. The first-order chi connectivity index (χ1) is 14.9. The van der Waals surface area contributed by atoms with Crippen LogP contribution >= 0.6 is 23.8 Å². The van der Waals surface area contributed by atoms with Gasteiger partial charge in [-0.1, -0.05) is 23.7 Å². The predicted molar refractivity (Wildman–Crippen MR) is 125 cm³/mol. The summed E-state index contributed by atoms with van der Waals surface area (Å²) in [6.45, 7) is 3.42. The highest BCUT2D eigenvalue weighted by Gasteiger charge is 2.33. The van der Waals surface area contributed by atoms with E-state index < -0.39 is 12.2 Å². The lowest BCUT2D eigenvalue weighted by Crippen LogP contribution is -2.47. The first kappa shape index (κ1) is 21.5. The number of hydrogen-bond donors (Lipinski definition) is 2. The van der Waals surface area contributed by atoms with Crippen LogP contribution in [-0.2, 0) is 4.74 Å². The summed E-state index contributed by atoms with van der Waals surface area (Å²) in [5, 5.41) is 3.63. The number of nitrogens with two attached hydrogens (primary N) is 1. The Morgan fingerprint density at radius 1 is 1.16 bits per heavy atom. The van der Waals surface area contributed by atoms with E-state index in [-0.39, 0.29) is 10.9 Å². The maximum absolute atomic E-state index is 14.9. The molecular formula is C21H23ClFN5O2S. The van der Waals surface area contributed by atoms with Crippen molar-refractivity contribution in [3.05, 3.63) is 53.3 Å². The number of carbonyl (C=O) groups is 1. The second-order valence-corrected chi connectivity index (χ2v) is 8.27. The van der Waals surface area contributed by atoms with E-state index in [4.69, 9.17) is 34.3 Å². The summed E-state index contributed by atoms with van der Waals surface area (Å²) in [6, 6.07) is 12.6. The van der Waals surface area contributed by atoms with Gasteiger partial charge in [0, 0.05) is 26.2 Å². The SMILES string of the molecule is NC(=S)NC[C@H]1CN(c2ccc(N3CCN(c4ccccc4Cl)CC3)c(F)c2)C(=O)O1. The molecule has 3 N–H and O–H groups in total. The van der Waals surface area contributed by atoms with Crippen LogP contribution in [0.15, 0.2) is 42.5 Å². The van der Waals surface area contributed by atoms with Gasteiger partial charge in [0.15, 0.2) is 5.11 Å². The zero-order valence-electron chi connectivity index (χ0n) is 16.8. The number of anilines is 3. The molecule has 4 rings (SSSR count). The number of nitrogens with one attached hydrogen (secondary N) is 1. The molecule has 164 valence electrons. The van der Waals surface area contributed by atoms with Gasteiger partial charge in [-0.3, -0.25) is 4.90 Å². The van der Waals surface area contributed by atoms with Crippen molar-refractivity contribution in [3.8, 4) is 0 Å². The summed E-state index contributed by atoms with van der Waals surface area (Å²) in [4.78, 5) is 17.8. The monoisotopic (exact) mass is 463 g/mol. The fourth-order valence-corrected chi connectivity index (χ4v) is 4.21. The summed E-state index contributed by atoms with van der Waals surface area (Å²) in [6.07, 6.45) is -0.926. The van der Waals surface area contributed by atoms with Crippen molar-refractivity contribution in [2.45, 2.75) is 6.10 Å². The fourth-order valence-electron chi connectivity index (χ4n) is 3.87.